The first-order valence-electron chi connectivity index (χ1n) is 6.25. The lowest BCUT2D eigenvalue weighted by Gasteiger charge is -2.21. The van der Waals surface area contributed by atoms with E-state index in [0.29, 0.717) is 5.69 Å². The number of anilines is 2. The molecule has 2 amide bonds. The average molecular weight is 248 g/mol. The summed E-state index contributed by atoms with van der Waals surface area (Å²) >= 11 is 0. The highest BCUT2D eigenvalue weighted by atomic mass is 16.2. The van der Waals surface area contributed by atoms with Crippen LogP contribution in [0.2, 0.25) is 0 Å². The summed E-state index contributed by atoms with van der Waals surface area (Å²) in [5.41, 5.74) is 7.09. The van der Waals surface area contributed by atoms with Crippen LogP contribution in [-0.2, 0) is 0 Å². The maximum absolute atomic E-state index is 12.1. The van der Waals surface area contributed by atoms with Crippen LogP contribution < -0.4 is 11.1 Å². The largest absolute Gasteiger partial charge is 0.399 e. The van der Waals surface area contributed by atoms with E-state index in [1.165, 1.54) is 0 Å². The quantitative estimate of drug-likeness (QED) is 0.739. The van der Waals surface area contributed by atoms with Gasteiger partial charge in [0.25, 0.3) is 0 Å². The van der Waals surface area contributed by atoms with Gasteiger partial charge in [-0.15, -0.1) is 0 Å². The van der Waals surface area contributed by atoms with E-state index in [0.717, 1.165) is 38.3 Å². The SMILES string of the molecule is CN1CCCN(C(=O)Nc2ccc(N)cc2)CC1. The highest BCUT2D eigenvalue weighted by Gasteiger charge is 2.17. The molecule has 1 aliphatic heterocycles. The number of benzene rings is 1. The third kappa shape index (κ3) is 3.37. The zero-order chi connectivity index (χ0) is 13.0. The summed E-state index contributed by atoms with van der Waals surface area (Å²) in [7, 11) is 2.08. The highest BCUT2D eigenvalue weighted by molar-refractivity contribution is 5.89. The lowest BCUT2D eigenvalue weighted by molar-refractivity contribution is 0.213. The van der Waals surface area contributed by atoms with Gasteiger partial charge in [-0.1, -0.05) is 0 Å². The van der Waals surface area contributed by atoms with Gasteiger partial charge < -0.3 is 20.9 Å². The lowest BCUT2D eigenvalue weighted by atomic mass is 10.3. The minimum Gasteiger partial charge on any atom is -0.399 e. The van der Waals surface area contributed by atoms with Crippen LogP contribution in [0.15, 0.2) is 24.3 Å². The van der Waals surface area contributed by atoms with Crippen molar-refractivity contribution in [1.29, 1.82) is 0 Å². The molecule has 5 heteroatoms. The molecule has 0 saturated carbocycles. The number of hydrogen-bond donors (Lipinski definition) is 2. The molecule has 0 aromatic heterocycles. The molecule has 1 fully saturated rings. The molecule has 0 aliphatic carbocycles. The Morgan fingerprint density at radius 1 is 1.17 bits per heavy atom. The van der Waals surface area contributed by atoms with Gasteiger partial charge in [-0.3, -0.25) is 0 Å². The molecule has 2 rings (SSSR count). The average Bonchev–Trinajstić information content (AvgIpc) is 2.57. The normalized spacial score (nSPS) is 17.3. The maximum Gasteiger partial charge on any atom is 0.321 e. The van der Waals surface area contributed by atoms with E-state index in [9.17, 15) is 4.79 Å². The van der Waals surface area contributed by atoms with Gasteiger partial charge in [0, 0.05) is 31.0 Å². The molecule has 1 saturated heterocycles. The molecule has 1 heterocycles. The van der Waals surface area contributed by atoms with Crippen molar-refractivity contribution in [3.05, 3.63) is 24.3 Å². The summed E-state index contributed by atoms with van der Waals surface area (Å²) in [6, 6.07) is 7.17. The molecule has 0 atom stereocenters. The molecule has 0 radical (unpaired) electrons. The first-order chi connectivity index (χ1) is 8.65. The zero-order valence-electron chi connectivity index (χ0n) is 10.7. The molecule has 1 aromatic rings. The second-order valence-corrected chi connectivity index (χ2v) is 4.70. The van der Waals surface area contributed by atoms with Crippen LogP contribution in [0.5, 0.6) is 0 Å². The Hall–Kier alpha value is -1.75. The molecule has 3 N–H and O–H groups in total. The lowest BCUT2D eigenvalue weighted by Crippen LogP contribution is -2.37. The predicted octanol–water partition coefficient (Wildman–Crippen LogP) is 1.44. The molecule has 18 heavy (non-hydrogen) atoms. The first-order valence-corrected chi connectivity index (χ1v) is 6.25. The van der Waals surface area contributed by atoms with Crippen molar-refractivity contribution in [2.75, 3.05) is 44.3 Å². The van der Waals surface area contributed by atoms with Crippen molar-refractivity contribution < 1.29 is 4.79 Å². The molecule has 1 aliphatic rings. The summed E-state index contributed by atoms with van der Waals surface area (Å²) in [6.45, 7) is 3.56. The van der Waals surface area contributed by atoms with Crippen LogP contribution in [0.25, 0.3) is 0 Å². The van der Waals surface area contributed by atoms with E-state index < -0.39 is 0 Å². The fraction of sp³-hybridized carbons (Fsp3) is 0.462. The Morgan fingerprint density at radius 3 is 2.61 bits per heavy atom. The van der Waals surface area contributed by atoms with Gasteiger partial charge in [-0.05, 0) is 44.3 Å². The van der Waals surface area contributed by atoms with Crippen LogP contribution in [0.1, 0.15) is 6.42 Å². The summed E-state index contributed by atoms with van der Waals surface area (Å²) in [5.74, 6) is 0. The van der Waals surface area contributed by atoms with Crippen LogP contribution >= 0.6 is 0 Å². The number of carbonyl (C=O) groups excluding carboxylic acids is 1. The number of urea groups is 1. The number of nitrogens with zero attached hydrogens (tertiary/aromatic N) is 2. The zero-order valence-corrected chi connectivity index (χ0v) is 10.7. The van der Waals surface area contributed by atoms with Gasteiger partial charge in [0.1, 0.15) is 0 Å². The number of hydrogen-bond acceptors (Lipinski definition) is 3. The second kappa shape index (κ2) is 5.73. The van der Waals surface area contributed by atoms with Gasteiger partial charge in [0.2, 0.25) is 0 Å². The maximum atomic E-state index is 12.1. The van der Waals surface area contributed by atoms with Crippen LogP contribution in [0.4, 0.5) is 16.2 Å². The van der Waals surface area contributed by atoms with E-state index >= 15 is 0 Å². The van der Waals surface area contributed by atoms with E-state index in [1.54, 1.807) is 12.1 Å². The molecular weight excluding hydrogens is 228 g/mol. The van der Waals surface area contributed by atoms with E-state index in [2.05, 4.69) is 17.3 Å². The second-order valence-electron chi connectivity index (χ2n) is 4.70. The third-order valence-electron chi connectivity index (χ3n) is 3.17. The number of nitrogens with one attached hydrogen (secondary N) is 1. The van der Waals surface area contributed by atoms with Gasteiger partial charge in [0.15, 0.2) is 0 Å². The fourth-order valence-electron chi connectivity index (χ4n) is 2.02. The van der Waals surface area contributed by atoms with Crippen LogP contribution in [0.3, 0.4) is 0 Å². The van der Waals surface area contributed by atoms with Gasteiger partial charge in [-0.2, -0.15) is 0 Å². The molecular formula is C13H20N4O. The van der Waals surface area contributed by atoms with E-state index in [1.807, 2.05) is 17.0 Å². The number of likely N-dealkylation sites (N-methyl/N-ethyl adjacent to an activating group) is 1. The van der Waals surface area contributed by atoms with Gasteiger partial charge >= 0.3 is 6.03 Å². The van der Waals surface area contributed by atoms with Crippen LogP contribution in [-0.4, -0.2) is 49.1 Å². The minimum atomic E-state index is -0.0323. The van der Waals surface area contributed by atoms with Crippen molar-refractivity contribution in [1.82, 2.24) is 9.80 Å². The summed E-state index contributed by atoms with van der Waals surface area (Å²) in [6.07, 6.45) is 1.02. The Balaban J connectivity index is 1.92. The van der Waals surface area contributed by atoms with Gasteiger partial charge in [0.05, 0.1) is 0 Å². The summed E-state index contributed by atoms with van der Waals surface area (Å²) in [5, 5.41) is 2.89. The molecule has 0 unspecified atom stereocenters. The molecule has 1 aromatic carbocycles. The topological polar surface area (TPSA) is 61.6 Å². The Morgan fingerprint density at radius 2 is 1.89 bits per heavy atom. The standard InChI is InChI=1S/C13H20N4O/c1-16-7-2-8-17(10-9-16)13(18)15-12-5-3-11(14)4-6-12/h3-6H,2,7-10,14H2,1H3,(H,15,18). The van der Waals surface area contributed by atoms with Crippen molar-refractivity contribution in [2.45, 2.75) is 6.42 Å². The van der Waals surface area contributed by atoms with E-state index in [-0.39, 0.29) is 6.03 Å². The number of rotatable bonds is 1. The highest BCUT2D eigenvalue weighted by Crippen LogP contribution is 2.12. The Bertz CT molecular complexity index is 404. The van der Waals surface area contributed by atoms with Gasteiger partial charge in [-0.25, -0.2) is 4.79 Å². The Labute approximate surface area is 108 Å². The number of nitrogen functional groups attached to an aromatic ring is 1. The summed E-state index contributed by atoms with van der Waals surface area (Å²) < 4.78 is 0. The molecule has 98 valence electrons. The molecule has 5 nitrogen and oxygen atoms in total. The number of carbonyl (C=O) groups is 1. The number of nitrogens with two attached hydrogens (primary N) is 1. The Kier molecular flexibility index (Phi) is 4.04. The molecule has 0 bridgehead atoms. The van der Waals surface area contributed by atoms with Crippen molar-refractivity contribution in [3.63, 3.8) is 0 Å². The third-order valence-corrected chi connectivity index (χ3v) is 3.17. The van der Waals surface area contributed by atoms with Crippen molar-refractivity contribution in [3.8, 4) is 0 Å². The van der Waals surface area contributed by atoms with E-state index in [4.69, 9.17) is 5.73 Å². The van der Waals surface area contributed by atoms with Crippen molar-refractivity contribution in [2.24, 2.45) is 0 Å². The van der Waals surface area contributed by atoms with Crippen LogP contribution in [0, 0.1) is 0 Å². The van der Waals surface area contributed by atoms with Crippen molar-refractivity contribution >= 4 is 17.4 Å². The number of amides is 2. The minimum absolute atomic E-state index is 0.0323. The smallest absolute Gasteiger partial charge is 0.321 e. The molecule has 0 spiro atoms. The predicted molar refractivity (Wildman–Crippen MR) is 73.6 cm³/mol. The first kappa shape index (κ1) is 12.7. The fourth-order valence-corrected chi connectivity index (χ4v) is 2.02. The monoisotopic (exact) mass is 248 g/mol. The summed E-state index contributed by atoms with van der Waals surface area (Å²) in [4.78, 5) is 16.2.